The summed E-state index contributed by atoms with van der Waals surface area (Å²) in [7, 11) is 0. The van der Waals surface area contributed by atoms with Crippen LogP contribution < -0.4 is 5.32 Å². The Bertz CT molecular complexity index is 943. The molecule has 2 atom stereocenters. The van der Waals surface area contributed by atoms with Crippen LogP contribution in [0.2, 0.25) is 0 Å². The minimum absolute atomic E-state index is 0.0715. The van der Waals surface area contributed by atoms with Gasteiger partial charge in [0.1, 0.15) is 5.75 Å². The number of aliphatic hydroxyl groups excluding tert-OH is 1. The first-order valence-electron chi connectivity index (χ1n) is 9.24. The van der Waals surface area contributed by atoms with Gasteiger partial charge in [0.25, 0.3) is 0 Å². The zero-order valence-electron chi connectivity index (χ0n) is 15.3. The van der Waals surface area contributed by atoms with Gasteiger partial charge in [-0.1, -0.05) is 6.07 Å². The second kappa shape index (κ2) is 8.00. The number of hydrogen-bond donors (Lipinski definition) is 3. The predicted octanol–water partition coefficient (Wildman–Crippen LogP) is 2.93. The maximum atomic E-state index is 9.62. The van der Waals surface area contributed by atoms with Crippen molar-refractivity contribution in [3.05, 3.63) is 78.4 Å². The topological polar surface area (TPSA) is 73.5 Å². The van der Waals surface area contributed by atoms with Crippen LogP contribution in [0.5, 0.6) is 5.75 Å². The number of thiocarbonyl (C=S) groups is 1. The molecule has 28 heavy (non-hydrogen) atoms. The molecule has 3 heterocycles. The highest BCUT2D eigenvalue weighted by atomic mass is 32.1. The van der Waals surface area contributed by atoms with Crippen LogP contribution in [0.3, 0.4) is 0 Å². The van der Waals surface area contributed by atoms with E-state index in [0.717, 1.165) is 17.1 Å². The lowest BCUT2D eigenvalue weighted by atomic mass is 10.0. The Labute approximate surface area is 169 Å². The SMILES string of the molecule is OCCCN1C(=S)N[C@@H](c2ccccn2)[C@H]1c1cccn1-c1ccc(O)cc1. The first kappa shape index (κ1) is 18.5. The van der Waals surface area contributed by atoms with E-state index in [1.165, 1.54) is 0 Å². The van der Waals surface area contributed by atoms with Gasteiger partial charge in [-0.3, -0.25) is 4.98 Å². The van der Waals surface area contributed by atoms with Gasteiger partial charge in [-0.2, -0.15) is 0 Å². The third-order valence-corrected chi connectivity index (χ3v) is 5.32. The molecule has 1 aliphatic heterocycles. The fourth-order valence-electron chi connectivity index (χ4n) is 3.69. The first-order valence-corrected chi connectivity index (χ1v) is 9.65. The van der Waals surface area contributed by atoms with Crippen molar-refractivity contribution in [1.82, 2.24) is 19.8 Å². The van der Waals surface area contributed by atoms with E-state index in [4.69, 9.17) is 12.2 Å². The average Bonchev–Trinajstić information content (AvgIpc) is 3.32. The molecule has 0 amide bonds. The molecule has 4 rings (SSSR count). The fraction of sp³-hybridized carbons (Fsp3) is 0.238. The third kappa shape index (κ3) is 3.46. The van der Waals surface area contributed by atoms with E-state index >= 15 is 0 Å². The number of aliphatic hydroxyl groups is 1. The number of phenols is 1. The van der Waals surface area contributed by atoms with Crippen LogP contribution in [0, 0.1) is 0 Å². The molecule has 2 aromatic heterocycles. The highest BCUT2D eigenvalue weighted by molar-refractivity contribution is 7.80. The Morgan fingerprint density at radius 1 is 1.07 bits per heavy atom. The number of phenolic OH excluding ortho intramolecular Hbond substituents is 1. The summed E-state index contributed by atoms with van der Waals surface area (Å²) >= 11 is 5.62. The van der Waals surface area contributed by atoms with E-state index < -0.39 is 0 Å². The smallest absolute Gasteiger partial charge is 0.170 e. The van der Waals surface area contributed by atoms with Crippen molar-refractivity contribution in [3.63, 3.8) is 0 Å². The molecular formula is C21H22N4O2S. The van der Waals surface area contributed by atoms with Crippen LogP contribution in [-0.4, -0.2) is 42.9 Å². The summed E-state index contributed by atoms with van der Waals surface area (Å²) < 4.78 is 2.10. The number of pyridine rings is 1. The summed E-state index contributed by atoms with van der Waals surface area (Å²) in [4.78, 5) is 6.67. The summed E-state index contributed by atoms with van der Waals surface area (Å²) in [6.45, 7) is 0.760. The molecule has 0 unspecified atom stereocenters. The Kier molecular flexibility index (Phi) is 5.27. The molecule has 1 fully saturated rings. The van der Waals surface area contributed by atoms with Gasteiger partial charge in [-0.25, -0.2) is 0 Å². The Morgan fingerprint density at radius 3 is 2.61 bits per heavy atom. The van der Waals surface area contributed by atoms with Crippen LogP contribution in [0.1, 0.15) is 29.9 Å². The van der Waals surface area contributed by atoms with Crippen molar-refractivity contribution in [2.45, 2.75) is 18.5 Å². The van der Waals surface area contributed by atoms with Gasteiger partial charge in [0, 0.05) is 36.9 Å². The molecule has 0 radical (unpaired) electrons. The molecule has 0 spiro atoms. The standard InChI is InChI=1S/C21H22N4O2S/c26-14-4-13-25-20(19(23-21(25)28)17-5-1-2-11-22-17)18-6-3-12-24(18)15-7-9-16(27)10-8-15/h1-3,5-12,19-20,26-27H,4,13-14H2,(H,23,28)/t19-,20+/m0/s1. The quantitative estimate of drug-likeness (QED) is 0.559. The molecular weight excluding hydrogens is 372 g/mol. The van der Waals surface area contributed by atoms with Crippen LogP contribution in [-0.2, 0) is 0 Å². The zero-order valence-corrected chi connectivity index (χ0v) is 16.1. The molecule has 3 aromatic rings. The number of nitrogens with one attached hydrogen (secondary N) is 1. The van der Waals surface area contributed by atoms with Crippen LogP contribution >= 0.6 is 12.2 Å². The Morgan fingerprint density at radius 2 is 1.89 bits per heavy atom. The molecule has 3 N–H and O–H groups in total. The highest BCUT2D eigenvalue weighted by Crippen LogP contribution is 2.39. The lowest BCUT2D eigenvalue weighted by Crippen LogP contribution is -2.31. The fourth-order valence-corrected chi connectivity index (χ4v) is 4.02. The second-order valence-corrected chi connectivity index (χ2v) is 7.10. The molecule has 1 aliphatic rings. The van der Waals surface area contributed by atoms with Crippen LogP contribution in [0.4, 0.5) is 0 Å². The van der Waals surface area contributed by atoms with Gasteiger partial charge in [-0.05, 0) is 67.2 Å². The number of benzene rings is 1. The summed E-state index contributed by atoms with van der Waals surface area (Å²) in [6.07, 6.45) is 4.42. The van der Waals surface area contributed by atoms with Crippen LogP contribution in [0.25, 0.3) is 5.69 Å². The molecule has 144 valence electrons. The highest BCUT2D eigenvalue weighted by Gasteiger charge is 2.40. The first-order chi connectivity index (χ1) is 13.7. The molecule has 1 aromatic carbocycles. The van der Waals surface area contributed by atoms with E-state index in [-0.39, 0.29) is 24.4 Å². The minimum atomic E-state index is -0.0989. The van der Waals surface area contributed by atoms with Crippen LogP contribution in [0.15, 0.2) is 67.0 Å². The number of hydrogen-bond acceptors (Lipinski definition) is 4. The van der Waals surface area contributed by atoms with Gasteiger partial charge >= 0.3 is 0 Å². The van der Waals surface area contributed by atoms with Gasteiger partial charge < -0.3 is 25.0 Å². The third-order valence-electron chi connectivity index (χ3n) is 4.97. The molecule has 1 saturated heterocycles. The predicted molar refractivity (Wildman–Crippen MR) is 111 cm³/mol. The molecule has 7 heteroatoms. The molecule has 0 aliphatic carbocycles. The van der Waals surface area contributed by atoms with E-state index in [1.54, 1.807) is 18.3 Å². The summed E-state index contributed by atoms with van der Waals surface area (Å²) in [5, 5.41) is 23.0. The number of aromatic nitrogens is 2. The van der Waals surface area contributed by atoms with Crippen molar-refractivity contribution < 1.29 is 10.2 Å². The van der Waals surface area contributed by atoms with Crippen molar-refractivity contribution in [3.8, 4) is 11.4 Å². The summed E-state index contributed by atoms with van der Waals surface area (Å²) in [5.74, 6) is 0.233. The number of aromatic hydroxyl groups is 1. The zero-order chi connectivity index (χ0) is 19.5. The van der Waals surface area contributed by atoms with E-state index in [1.807, 2.05) is 42.6 Å². The maximum Gasteiger partial charge on any atom is 0.170 e. The lowest BCUT2D eigenvalue weighted by molar-refractivity contribution is 0.245. The number of nitrogens with zero attached hydrogens (tertiary/aromatic N) is 3. The van der Waals surface area contributed by atoms with Gasteiger partial charge in [0.15, 0.2) is 5.11 Å². The molecule has 6 nitrogen and oxygen atoms in total. The lowest BCUT2D eigenvalue weighted by Gasteiger charge is -2.28. The van der Waals surface area contributed by atoms with Gasteiger partial charge in [0.2, 0.25) is 0 Å². The maximum absolute atomic E-state index is 9.62. The molecule has 0 bridgehead atoms. The van der Waals surface area contributed by atoms with Crippen molar-refractivity contribution >= 4 is 17.3 Å². The minimum Gasteiger partial charge on any atom is -0.508 e. The Balaban J connectivity index is 1.78. The molecule has 0 saturated carbocycles. The monoisotopic (exact) mass is 394 g/mol. The Hall–Kier alpha value is -2.90. The normalized spacial score (nSPS) is 19.0. The van der Waals surface area contributed by atoms with Crippen molar-refractivity contribution in [2.75, 3.05) is 13.2 Å². The van der Waals surface area contributed by atoms with E-state index in [0.29, 0.717) is 18.1 Å². The summed E-state index contributed by atoms with van der Waals surface area (Å²) in [5.41, 5.74) is 2.93. The van der Waals surface area contributed by atoms with Crippen molar-refractivity contribution in [1.29, 1.82) is 0 Å². The second-order valence-electron chi connectivity index (χ2n) is 6.72. The summed E-state index contributed by atoms with van der Waals surface area (Å²) in [6, 6.07) is 16.9. The van der Waals surface area contributed by atoms with E-state index in [2.05, 4.69) is 25.8 Å². The number of rotatable bonds is 6. The van der Waals surface area contributed by atoms with Crippen molar-refractivity contribution in [2.24, 2.45) is 0 Å². The largest absolute Gasteiger partial charge is 0.508 e. The van der Waals surface area contributed by atoms with Gasteiger partial charge in [0.05, 0.1) is 17.8 Å². The van der Waals surface area contributed by atoms with Gasteiger partial charge in [-0.15, -0.1) is 0 Å². The van der Waals surface area contributed by atoms with E-state index in [9.17, 15) is 10.2 Å². The average molecular weight is 395 g/mol.